The number of hydrogen-bond donors (Lipinski definition) is 4. The number of H-pyrrole nitrogens is 2. The summed E-state index contributed by atoms with van der Waals surface area (Å²) in [6.07, 6.45) is 1.27. The molecule has 0 saturated heterocycles. The van der Waals surface area contributed by atoms with Gasteiger partial charge in [-0.25, -0.2) is 4.79 Å². The first-order valence-corrected chi connectivity index (χ1v) is 5.96. The van der Waals surface area contributed by atoms with Crippen molar-refractivity contribution in [2.24, 2.45) is 0 Å². The van der Waals surface area contributed by atoms with Gasteiger partial charge in [-0.05, 0) is 18.2 Å². The van der Waals surface area contributed by atoms with Crippen LogP contribution in [0.5, 0.6) is 0 Å². The zero-order valence-corrected chi connectivity index (χ0v) is 10.9. The van der Waals surface area contributed by atoms with Crippen molar-refractivity contribution in [1.82, 2.24) is 9.97 Å². The zero-order valence-electron chi connectivity index (χ0n) is 10.2. The topological polar surface area (TPSA) is 98.0 Å². The number of carbonyl (C=O) groups excluding carboxylic acids is 1. The van der Waals surface area contributed by atoms with Crippen molar-refractivity contribution in [2.45, 2.75) is 0 Å². The van der Waals surface area contributed by atoms with E-state index < -0.39 is 11.6 Å². The van der Waals surface area contributed by atoms with Crippen molar-refractivity contribution in [1.29, 1.82) is 0 Å². The number of nitrogens with one attached hydrogen (secondary N) is 3. The largest absolute Gasteiger partial charge is 0.384 e. The minimum Gasteiger partial charge on any atom is -0.384 e. The lowest BCUT2D eigenvalue weighted by atomic mass is 10.1. The summed E-state index contributed by atoms with van der Waals surface area (Å²) in [5.41, 5.74) is 0.526. The number of aliphatic hydroxyl groups is 1. The summed E-state index contributed by atoms with van der Waals surface area (Å²) < 4.78 is 0. The summed E-state index contributed by atoms with van der Waals surface area (Å²) in [7, 11) is 0. The molecule has 2 aromatic rings. The summed E-state index contributed by atoms with van der Waals surface area (Å²) >= 11 is 5.87. The molecule has 0 aliphatic heterocycles. The van der Waals surface area contributed by atoms with E-state index >= 15 is 0 Å². The second-order valence-corrected chi connectivity index (χ2v) is 4.20. The fraction of sp³-hybridized carbons (Fsp3) is 0.0769. The van der Waals surface area contributed by atoms with Crippen molar-refractivity contribution < 1.29 is 9.90 Å². The Bertz CT molecular complexity index is 752. The maximum absolute atomic E-state index is 11.9. The minimum atomic E-state index is -0.502. The molecule has 0 saturated carbocycles. The second-order valence-electron chi connectivity index (χ2n) is 3.76. The van der Waals surface area contributed by atoms with Crippen LogP contribution in [0.1, 0.15) is 16.1 Å². The summed E-state index contributed by atoms with van der Waals surface area (Å²) in [6.45, 7) is -0.291. The summed E-state index contributed by atoms with van der Waals surface area (Å²) in [5.74, 6) is 4.69. The Kier molecular flexibility index (Phi) is 4.25. The van der Waals surface area contributed by atoms with Gasteiger partial charge in [-0.1, -0.05) is 23.4 Å². The van der Waals surface area contributed by atoms with Crippen molar-refractivity contribution >= 4 is 23.2 Å². The van der Waals surface area contributed by atoms with Gasteiger partial charge in [0, 0.05) is 16.8 Å². The van der Waals surface area contributed by atoms with Crippen LogP contribution in [-0.2, 0) is 0 Å². The maximum Gasteiger partial charge on any atom is 0.323 e. The van der Waals surface area contributed by atoms with E-state index in [0.717, 1.165) is 0 Å². The minimum absolute atomic E-state index is 0.0936. The quantitative estimate of drug-likeness (QED) is 0.620. The van der Waals surface area contributed by atoms with Crippen LogP contribution in [0.15, 0.2) is 29.2 Å². The zero-order chi connectivity index (χ0) is 14.5. The Morgan fingerprint density at radius 1 is 1.45 bits per heavy atom. The molecule has 4 N–H and O–H groups in total. The van der Waals surface area contributed by atoms with Gasteiger partial charge in [0.05, 0.1) is 5.69 Å². The highest BCUT2D eigenvalue weighted by Gasteiger charge is 2.10. The lowest BCUT2D eigenvalue weighted by molar-refractivity contribution is 0.102. The standard InChI is InChI=1S/C13H10ClN3O3/c14-9-4-3-8(2-1-5-18)10(6-9)16-12(19)11-7-15-13(20)17-11/h3-4,6-7,18H,5H2,(H,16,19)(H2,15,17,20). The van der Waals surface area contributed by atoms with Gasteiger partial charge in [-0.2, -0.15) is 0 Å². The molecule has 0 fully saturated rings. The number of aromatic amines is 2. The van der Waals surface area contributed by atoms with Crippen LogP contribution in [0, 0.1) is 11.8 Å². The highest BCUT2D eigenvalue weighted by atomic mass is 35.5. The number of amides is 1. The van der Waals surface area contributed by atoms with Crippen molar-refractivity contribution in [3.05, 3.63) is 51.2 Å². The molecule has 102 valence electrons. The van der Waals surface area contributed by atoms with Gasteiger partial charge >= 0.3 is 5.69 Å². The summed E-state index contributed by atoms with van der Waals surface area (Å²) in [5, 5.41) is 11.7. The molecule has 0 atom stereocenters. The molecule has 1 amide bonds. The van der Waals surface area contributed by atoms with E-state index in [9.17, 15) is 9.59 Å². The highest BCUT2D eigenvalue weighted by Crippen LogP contribution is 2.20. The van der Waals surface area contributed by atoms with Gasteiger partial charge in [0.1, 0.15) is 12.3 Å². The molecule has 0 spiro atoms. The Balaban J connectivity index is 2.30. The first-order valence-electron chi connectivity index (χ1n) is 5.58. The molecule has 0 aliphatic rings. The van der Waals surface area contributed by atoms with Crippen LogP contribution < -0.4 is 11.0 Å². The summed E-state index contributed by atoms with van der Waals surface area (Å²) in [4.78, 5) is 27.5. The van der Waals surface area contributed by atoms with Crippen molar-refractivity contribution in [3.63, 3.8) is 0 Å². The van der Waals surface area contributed by atoms with Gasteiger partial charge in [0.15, 0.2) is 0 Å². The van der Waals surface area contributed by atoms with Crippen molar-refractivity contribution in [2.75, 3.05) is 11.9 Å². The van der Waals surface area contributed by atoms with Crippen LogP contribution in [0.25, 0.3) is 0 Å². The predicted octanol–water partition coefficient (Wildman–Crippen LogP) is 0.952. The van der Waals surface area contributed by atoms with Gasteiger partial charge in [0.2, 0.25) is 0 Å². The molecule has 1 aromatic carbocycles. The maximum atomic E-state index is 11.9. The Morgan fingerprint density at radius 2 is 2.25 bits per heavy atom. The van der Waals surface area contributed by atoms with E-state index in [1.807, 2.05) is 0 Å². The third-order valence-electron chi connectivity index (χ3n) is 2.37. The molecular weight excluding hydrogens is 282 g/mol. The third kappa shape index (κ3) is 3.29. The lowest BCUT2D eigenvalue weighted by Crippen LogP contribution is -2.14. The molecular formula is C13H10ClN3O3. The number of benzene rings is 1. The molecule has 6 nitrogen and oxygen atoms in total. The molecule has 1 heterocycles. The molecule has 7 heteroatoms. The number of aliphatic hydroxyl groups excluding tert-OH is 1. The van der Waals surface area contributed by atoms with Gasteiger partial charge in [-0.15, -0.1) is 0 Å². The Hall–Kier alpha value is -2.49. The van der Waals surface area contributed by atoms with Crippen LogP contribution in [0.4, 0.5) is 5.69 Å². The number of imidazole rings is 1. The van der Waals surface area contributed by atoms with Crippen LogP contribution >= 0.6 is 11.6 Å². The van der Waals surface area contributed by atoms with Crippen LogP contribution in [-0.4, -0.2) is 27.6 Å². The smallest absolute Gasteiger partial charge is 0.323 e. The number of hydrogen-bond acceptors (Lipinski definition) is 3. The number of aromatic nitrogens is 2. The van der Waals surface area contributed by atoms with E-state index in [-0.39, 0.29) is 12.3 Å². The molecule has 0 aliphatic carbocycles. The monoisotopic (exact) mass is 291 g/mol. The fourth-order valence-corrected chi connectivity index (χ4v) is 1.68. The first-order chi connectivity index (χ1) is 9.60. The molecule has 0 unspecified atom stereocenters. The molecule has 2 rings (SSSR count). The van der Waals surface area contributed by atoms with E-state index in [2.05, 4.69) is 27.1 Å². The summed E-state index contributed by atoms with van der Waals surface area (Å²) in [6, 6.07) is 4.78. The van der Waals surface area contributed by atoms with E-state index in [1.165, 1.54) is 12.3 Å². The van der Waals surface area contributed by atoms with Crippen LogP contribution in [0.3, 0.4) is 0 Å². The molecule has 1 aromatic heterocycles. The average molecular weight is 292 g/mol. The van der Waals surface area contributed by atoms with Gasteiger partial charge < -0.3 is 20.4 Å². The highest BCUT2D eigenvalue weighted by molar-refractivity contribution is 6.31. The molecule has 20 heavy (non-hydrogen) atoms. The average Bonchev–Trinajstić information content (AvgIpc) is 2.85. The Morgan fingerprint density at radius 3 is 2.90 bits per heavy atom. The van der Waals surface area contributed by atoms with E-state index in [0.29, 0.717) is 16.3 Å². The third-order valence-corrected chi connectivity index (χ3v) is 2.61. The van der Waals surface area contributed by atoms with Crippen LogP contribution in [0.2, 0.25) is 5.02 Å². The van der Waals surface area contributed by atoms with E-state index in [4.69, 9.17) is 16.7 Å². The molecule has 0 radical (unpaired) electrons. The second kappa shape index (κ2) is 6.10. The first kappa shape index (κ1) is 13.9. The Labute approximate surface area is 118 Å². The number of rotatable bonds is 2. The SMILES string of the molecule is O=C(Nc1cc(Cl)ccc1C#CCO)c1c[nH]c(=O)[nH]1. The van der Waals surface area contributed by atoms with Gasteiger partial charge in [0.25, 0.3) is 5.91 Å². The van der Waals surface area contributed by atoms with E-state index in [1.54, 1.807) is 12.1 Å². The number of anilines is 1. The van der Waals surface area contributed by atoms with Gasteiger partial charge in [-0.3, -0.25) is 4.79 Å². The normalized spacial score (nSPS) is 9.70. The number of carbonyl (C=O) groups is 1. The number of halogens is 1. The van der Waals surface area contributed by atoms with Crippen molar-refractivity contribution in [3.8, 4) is 11.8 Å². The fourth-order valence-electron chi connectivity index (χ4n) is 1.51. The molecule has 0 bridgehead atoms. The predicted molar refractivity (Wildman–Crippen MR) is 74.8 cm³/mol. The lowest BCUT2D eigenvalue weighted by Gasteiger charge is -2.06.